The van der Waals surface area contributed by atoms with Crippen LogP contribution in [-0.4, -0.2) is 18.2 Å². The number of hydrogen-bond acceptors (Lipinski definition) is 2. The van der Waals surface area contributed by atoms with E-state index >= 15 is 0 Å². The lowest BCUT2D eigenvalue weighted by Crippen LogP contribution is -2.30. The molecule has 5 heteroatoms. The molecule has 0 fully saturated rings. The third-order valence-corrected chi connectivity index (χ3v) is 5.42. The van der Waals surface area contributed by atoms with E-state index in [1.807, 2.05) is 23.1 Å². The second kappa shape index (κ2) is 6.30. The Hall–Kier alpha value is -1.16. The third-order valence-electron chi connectivity index (χ3n) is 3.45. The van der Waals surface area contributed by atoms with Gasteiger partial charge in [0.15, 0.2) is 0 Å². The van der Waals surface area contributed by atoms with Crippen LogP contribution < -0.4 is 4.90 Å². The number of carbonyl (C=O) groups is 1. The van der Waals surface area contributed by atoms with E-state index in [4.69, 9.17) is 23.2 Å². The molecule has 0 bridgehead atoms. The Bertz CT molecular complexity index is 669. The molecule has 3 rings (SSSR count). The number of anilines is 1. The average molecular weight is 338 g/mol. The van der Waals surface area contributed by atoms with Gasteiger partial charge in [-0.1, -0.05) is 47.5 Å². The van der Waals surface area contributed by atoms with Crippen LogP contribution in [0.4, 0.5) is 5.69 Å². The van der Waals surface area contributed by atoms with Gasteiger partial charge in [0.25, 0.3) is 0 Å². The fraction of sp³-hybridized carbons (Fsp3) is 0.188. The molecule has 0 spiro atoms. The lowest BCUT2D eigenvalue weighted by molar-refractivity contribution is -0.116. The highest BCUT2D eigenvalue weighted by molar-refractivity contribution is 8.00. The molecule has 0 aliphatic carbocycles. The summed E-state index contributed by atoms with van der Waals surface area (Å²) in [6, 6.07) is 13.4. The smallest absolute Gasteiger partial charge is 0.237 e. The maximum absolute atomic E-state index is 12.4. The van der Waals surface area contributed by atoms with Crippen molar-refractivity contribution < 1.29 is 4.79 Å². The summed E-state index contributed by atoms with van der Waals surface area (Å²) in [5, 5.41) is 1.17. The Labute approximate surface area is 138 Å². The standard InChI is InChI=1S/C16H13Cl2NOS/c17-12-5-3-6-13(18)16(12)21-10-15(20)19-9-8-11-4-1-2-7-14(11)19/h1-7H,8-10H2. The summed E-state index contributed by atoms with van der Waals surface area (Å²) in [5.74, 6) is 0.415. The molecule has 2 nitrogen and oxygen atoms in total. The largest absolute Gasteiger partial charge is 0.311 e. The van der Waals surface area contributed by atoms with Crippen LogP contribution in [0.2, 0.25) is 10.0 Å². The number of halogens is 2. The van der Waals surface area contributed by atoms with Gasteiger partial charge in [-0.05, 0) is 30.2 Å². The summed E-state index contributed by atoms with van der Waals surface area (Å²) in [7, 11) is 0. The van der Waals surface area contributed by atoms with Gasteiger partial charge in [0, 0.05) is 17.1 Å². The van der Waals surface area contributed by atoms with Crippen molar-refractivity contribution in [1.82, 2.24) is 0 Å². The molecule has 1 aliphatic rings. The first-order valence-corrected chi connectivity index (χ1v) is 8.36. The highest BCUT2D eigenvalue weighted by atomic mass is 35.5. The zero-order valence-electron chi connectivity index (χ0n) is 11.2. The number of fused-ring (bicyclic) bond motifs is 1. The molecule has 0 atom stereocenters. The minimum Gasteiger partial charge on any atom is -0.311 e. The van der Waals surface area contributed by atoms with Crippen LogP contribution in [0.15, 0.2) is 47.4 Å². The predicted octanol–water partition coefficient (Wildman–Crippen LogP) is 4.67. The van der Waals surface area contributed by atoms with Crippen molar-refractivity contribution in [3.05, 3.63) is 58.1 Å². The number of rotatable bonds is 3. The Morgan fingerprint density at radius 3 is 2.57 bits per heavy atom. The van der Waals surface area contributed by atoms with Gasteiger partial charge >= 0.3 is 0 Å². The molecule has 0 aromatic heterocycles. The van der Waals surface area contributed by atoms with Crippen LogP contribution in [0.5, 0.6) is 0 Å². The van der Waals surface area contributed by atoms with E-state index in [0.29, 0.717) is 15.8 Å². The number of thioether (sulfide) groups is 1. The van der Waals surface area contributed by atoms with Crippen LogP contribution in [0.3, 0.4) is 0 Å². The van der Waals surface area contributed by atoms with Gasteiger partial charge in [-0.2, -0.15) is 0 Å². The van der Waals surface area contributed by atoms with E-state index < -0.39 is 0 Å². The zero-order chi connectivity index (χ0) is 14.8. The molecule has 108 valence electrons. The van der Waals surface area contributed by atoms with Gasteiger partial charge in [-0.3, -0.25) is 4.79 Å². The third kappa shape index (κ3) is 3.05. The first-order chi connectivity index (χ1) is 10.2. The molecule has 0 saturated carbocycles. The average Bonchev–Trinajstić information content (AvgIpc) is 2.90. The molecule has 0 saturated heterocycles. The van der Waals surface area contributed by atoms with Gasteiger partial charge in [-0.15, -0.1) is 11.8 Å². The second-order valence-electron chi connectivity index (χ2n) is 4.76. The van der Waals surface area contributed by atoms with Crippen LogP contribution in [0.25, 0.3) is 0 Å². The van der Waals surface area contributed by atoms with E-state index in [9.17, 15) is 4.79 Å². The lowest BCUT2D eigenvalue weighted by atomic mass is 10.2. The molecule has 0 N–H and O–H groups in total. The SMILES string of the molecule is O=C(CSc1c(Cl)cccc1Cl)N1CCc2ccccc21. The normalized spacial score (nSPS) is 13.3. The maximum atomic E-state index is 12.4. The number of amides is 1. The van der Waals surface area contributed by atoms with Crippen molar-refractivity contribution in [2.75, 3.05) is 17.2 Å². The van der Waals surface area contributed by atoms with E-state index in [1.165, 1.54) is 17.3 Å². The van der Waals surface area contributed by atoms with E-state index in [-0.39, 0.29) is 5.91 Å². The molecule has 2 aromatic carbocycles. The van der Waals surface area contributed by atoms with Crippen LogP contribution in [0.1, 0.15) is 5.56 Å². The van der Waals surface area contributed by atoms with Gasteiger partial charge in [0.05, 0.1) is 15.8 Å². The van der Waals surface area contributed by atoms with E-state index in [2.05, 4.69) is 6.07 Å². The fourth-order valence-electron chi connectivity index (χ4n) is 2.43. The summed E-state index contributed by atoms with van der Waals surface area (Å²) in [6.07, 6.45) is 0.916. The molecule has 1 heterocycles. The van der Waals surface area contributed by atoms with Crippen LogP contribution in [-0.2, 0) is 11.2 Å². The van der Waals surface area contributed by atoms with Crippen molar-refractivity contribution >= 4 is 46.6 Å². The topological polar surface area (TPSA) is 20.3 Å². The highest BCUT2D eigenvalue weighted by Crippen LogP contribution is 2.35. The van der Waals surface area contributed by atoms with Gasteiger partial charge in [0.1, 0.15) is 0 Å². The monoisotopic (exact) mass is 337 g/mol. The molecular weight excluding hydrogens is 325 g/mol. The molecule has 0 unspecified atom stereocenters. The summed E-state index contributed by atoms with van der Waals surface area (Å²) in [4.78, 5) is 15.0. The number of hydrogen-bond donors (Lipinski definition) is 0. The summed E-state index contributed by atoms with van der Waals surface area (Å²) in [6.45, 7) is 0.745. The lowest BCUT2D eigenvalue weighted by Gasteiger charge is -2.17. The zero-order valence-corrected chi connectivity index (χ0v) is 13.5. The van der Waals surface area contributed by atoms with Crippen LogP contribution >= 0.6 is 35.0 Å². The molecule has 1 amide bonds. The van der Waals surface area contributed by atoms with E-state index in [1.54, 1.807) is 18.2 Å². The summed E-state index contributed by atoms with van der Waals surface area (Å²) < 4.78 is 0. The highest BCUT2D eigenvalue weighted by Gasteiger charge is 2.24. The van der Waals surface area contributed by atoms with Gasteiger partial charge < -0.3 is 4.90 Å². The summed E-state index contributed by atoms with van der Waals surface area (Å²) >= 11 is 13.6. The summed E-state index contributed by atoms with van der Waals surface area (Å²) in [5.41, 5.74) is 2.25. The molecule has 0 radical (unpaired) electrons. The first kappa shape index (κ1) is 14.8. The predicted molar refractivity (Wildman–Crippen MR) is 89.7 cm³/mol. The Morgan fingerprint density at radius 1 is 1.10 bits per heavy atom. The van der Waals surface area contributed by atoms with Crippen molar-refractivity contribution in [2.24, 2.45) is 0 Å². The number of para-hydroxylation sites is 1. The van der Waals surface area contributed by atoms with Crippen molar-refractivity contribution in [2.45, 2.75) is 11.3 Å². The molecular formula is C16H13Cl2NOS. The molecule has 1 aliphatic heterocycles. The number of carbonyl (C=O) groups excluding carboxylic acids is 1. The minimum atomic E-state index is 0.0842. The van der Waals surface area contributed by atoms with Crippen molar-refractivity contribution in [3.63, 3.8) is 0 Å². The Morgan fingerprint density at radius 2 is 1.81 bits per heavy atom. The van der Waals surface area contributed by atoms with Crippen LogP contribution in [0, 0.1) is 0 Å². The Balaban J connectivity index is 1.71. The van der Waals surface area contributed by atoms with Crippen molar-refractivity contribution in [1.29, 1.82) is 0 Å². The second-order valence-corrected chi connectivity index (χ2v) is 6.56. The Kier molecular flexibility index (Phi) is 4.43. The fourth-order valence-corrected chi connectivity index (χ4v) is 3.99. The quantitative estimate of drug-likeness (QED) is 0.758. The van der Waals surface area contributed by atoms with E-state index in [0.717, 1.165) is 23.5 Å². The van der Waals surface area contributed by atoms with Gasteiger partial charge in [0.2, 0.25) is 5.91 Å². The minimum absolute atomic E-state index is 0.0842. The first-order valence-electron chi connectivity index (χ1n) is 6.62. The van der Waals surface area contributed by atoms with Gasteiger partial charge in [-0.25, -0.2) is 0 Å². The number of nitrogens with zero attached hydrogens (tertiary/aromatic N) is 1. The molecule has 2 aromatic rings. The maximum Gasteiger partial charge on any atom is 0.237 e. The van der Waals surface area contributed by atoms with Crippen molar-refractivity contribution in [3.8, 4) is 0 Å². The molecule has 21 heavy (non-hydrogen) atoms. The number of benzene rings is 2.